The first-order chi connectivity index (χ1) is 7.87. The third-order valence-corrected chi connectivity index (χ3v) is 3.08. The molecule has 7 heteroatoms. The van der Waals surface area contributed by atoms with Crippen molar-refractivity contribution in [2.45, 2.75) is 12.6 Å². The lowest BCUT2D eigenvalue weighted by atomic mass is 9.80. The van der Waals surface area contributed by atoms with E-state index in [4.69, 9.17) is 0 Å². The van der Waals surface area contributed by atoms with Crippen molar-refractivity contribution in [3.8, 4) is 0 Å². The van der Waals surface area contributed by atoms with E-state index in [0.717, 1.165) is 0 Å². The number of hydrogen-bond acceptors (Lipinski definition) is 3. The van der Waals surface area contributed by atoms with Crippen LogP contribution in [0.5, 0.6) is 0 Å². The molecule has 0 aliphatic carbocycles. The van der Waals surface area contributed by atoms with E-state index in [1.54, 1.807) is 7.05 Å². The molecule has 1 aromatic rings. The van der Waals surface area contributed by atoms with Crippen molar-refractivity contribution >= 4 is 5.78 Å². The minimum Gasteiger partial charge on any atom is -0.315 e. The molecule has 0 amide bonds. The highest BCUT2D eigenvalue weighted by atomic mass is 19.4. The molecule has 0 radical (unpaired) electrons. The van der Waals surface area contributed by atoms with Crippen LogP contribution in [0.1, 0.15) is 16.9 Å². The van der Waals surface area contributed by atoms with Crippen LogP contribution in [0.4, 0.5) is 13.2 Å². The van der Waals surface area contributed by atoms with Crippen LogP contribution in [0, 0.1) is 5.41 Å². The fraction of sp³-hybridized carbons (Fsp3) is 0.600. The Morgan fingerprint density at radius 1 is 1.59 bits per heavy atom. The highest BCUT2D eigenvalue weighted by Gasteiger charge is 2.61. The maximum absolute atomic E-state index is 13.1. The van der Waals surface area contributed by atoms with Crippen molar-refractivity contribution in [2.24, 2.45) is 12.5 Å². The second-order valence-corrected chi connectivity index (χ2v) is 4.21. The van der Waals surface area contributed by atoms with E-state index in [1.165, 1.54) is 16.9 Å². The Morgan fingerprint density at radius 2 is 2.29 bits per heavy atom. The third kappa shape index (κ3) is 1.84. The topological polar surface area (TPSA) is 46.9 Å². The summed E-state index contributed by atoms with van der Waals surface area (Å²) >= 11 is 0. The Labute approximate surface area is 95.8 Å². The van der Waals surface area contributed by atoms with Gasteiger partial charge in [-0.1, -0.05) is 0 Å². The molecule has 1 aliphatic rings. The summed E-state index contributed by atoms with van der Waals surface area (Å²) in [7, 11) is 1.56. The molecule has 1 aliphatic heterocycles. The summed E-state index contributed by atoms with van der Waals surface area (Å²) in [5, 5.41) is 6.35. The number of nitrogens with one attached hydrogen (secondary N) is 1. The molecule has 0 bridgehead atoms. The summed E-state index contributed by atoms with van der Waals surface area (Å²) in [6.07, 6.45) is -3.32. The average Bonchev–Trinajstić information content (AvgIpc) is 2.83. The van der Waals surface area contributed by atoms with Crippen molar-refractivity contribution in [3.05, 3.63) is 18.0 Å². The van der Waals surface area contributed by atoms with Crippen LogP contribution >= 0.6 is 0 Å². The van der Waals surface area contributed by atoms with Crippen LogP contribution in [0.3, 0.4) is 0 Å². The van der Waals surface area contributed by atoms with Gasteiger partial charge < -0.3 is 5.32 Å². The largest absolute Gasteiger partial charge is 0.403 e. The molecule has 2 heterocycles. The summed E-state index contributed by atoms with van der Waals surface area (Å²) in [6.45, 7) is -0.177. The number of Topliss-reactive ketones (excluding diaryl/α,β-unsaturated/α-hetero) is 1. The lowest BCUT2D eigenvalue weighted by Crippen LogP contribution is -2.47. The molecular weight excluding hydrogens is 235 g/mol. The first kappa shape index (κ1) is 12.1. The van der Waals surface area contributed by atoms with Gasteiger partial charge in [-0.05, 0) is 19.0 Å². The van der Waals surface area contributed by atoms with E-state index < -0.39 is 17.4 Å². The minimum absolute atomic E-state index is 0.131. The Balaban J connectivity index is 2.38. The molecular formula is C10H12F3N3O. The van der Waals surface area contributed by atoms with Crippen LogP contribution in [-0.4, -0.2) is 34.8 Å². The molecule has 1 fully saturated rings. The monoisotopic (exact) mass is 247 g/mol. The molecule has 1 unspecified atom stereocenters. The summed E-state index contributed by atoms with van der Waals surface area (Å²) in [4.78, 5) is 12.0. The predicted molar refractivity (Wildman–Crippen MR) is 53.5 cm³/mol. The van der Waals surface area contributed by atoms with Gasteiger partial charge >= 0.3 is 6.18 Å². The van der Waals surface area contributed by atoms with Gasteiger partial charge in [0.25, 0.3) is 0 Å². The van der Waals surface area contributed by atoms with Crippen molar-refractivity contribution in [1.29, 1.82) is 0 Å². The number of nitrogens with zero attached hydrogens (tertiary/aromatic N) is 2. The van der Waals surface area contributed by atoms with Gasteiger partial charge in [0.05, 0.1) is 0 Å². The number of aryl methyl sites for hydroxylation is 1. The Kier molecular flexibility index (Phi) is 2.73. The molecule has 1 atom stereocenters. The molecule has 2 rings (SSSR count). The summed E-state index contributed by atoms with van der Waals surface area (Å²) in [6, 6.07) is 1.31. The van der Waals surface area contributed by atoms with Crippen LogP contribution in [0.15, 0.2) is 12.3 Å². The van der Waals surface area contributed by atoms with Crippen molar-refractivity contribution in [2.75, 3.05) is 13.1 Å². The first-order valence-electron chi connectivity index (χ1n) is 5.19. The smallest absolute Gasteiger partial charge is 0.315 e. The standard InChI is InChI=1S/C10H12F3N3O/c1-16-5-2-7(15-16)8(17)9(10(11,12)13)3-4-14-6-9/h2,5,14H,3-4,6H2,1H3. The summed E-state index contributed by atoms with van der Waals surface area (Å²) in [5.41, 5.74) is -2.45. The van der Waals surface area contributed by atoms with Crippen LogP contribution in [0.2, 0.25) is 0 Å². The predicted octanol–water partition coefficient (Wildman–Crippen LogP) is 1.14. The van der Waals surface area contributed by atoms with E-state index in [0.29, 0.717) is 0 Å². The molecule has 17 heavy (non-hydrogen) atoms. The second-order valence-electron chi connectivity index (χ2n) is 4.21. The number of carbonyl (C=O) groups is 1. The third-order valence-electron chi connectivity index (χ3n) is 3.08. The van der Waals surface area contributed by atoms with Crippen molar-refractivity contribution < 1.29 is 18.0 Å². The number of halogens is 3. The number of aromatic nitrogens is 2. The van der Waals surface area contributed by atoms with Gasteiger partial charge in [-0.2, -0.15) is 18.3 Å². The average molecular weight is 247 g/mol. The first-order valence-corrected chi connectivity index (χ1v) is 5.19. The summed E-state index contributed by atoms with van der Waals surface area (Å²) in [5.74, 6) is -0.949. The molecule has 1 aromatic heterocycles. The number of rotatable bonds is 2. The Hall–Kier alpha value is -1.37. The van der Waals surface area contributed by atoms with Crippen LogP contribution in [-0.2, 0) is 7.05 Å². The molecule has 1 saturated heterocycles. The molecule has 0 spiro atoms. The number of hydrogen-bond donors (Lipinski definition) is 1. The lowest BCUT2D eigenvalue weighted by Gasteiger charge is -2.28. The van der Waals surface area contributed by atoms with E-state index >= 15 is 0 Å². The maximum atomic E-state index is 13.1. The summed E-state index contributed by atoms with van der Waals surface area (Å²) < 4.78 is 40.5. The second kappa shape index (κ2) is 3.83. The van der Waals surface area contributed by atoms with Crippen LogP contribution < -0.4 is 5.32 Å². The Morgan fingerprint density at radius 3 is 2.71 bits per heavy atom. The van der Waals surface area contributed by atoms with Gasteiger partial charge in [-0.25, -0.2) is 0 Å². The van der Waals surface area contributed by atoms with Gasteiger partial charge in [0.2, 0.25) is 0 Å². The maximum Gasteiger partial charge on any atom is 0.403 e. The highest BCUT2D eigenvalue weighted by Crippen LogP contribution is 2.45. The molecule has 0 saturated carbocycles. The van der Waals surface area contributed by atoms with Gasteiger partial charge in [0.1, 0.15) is 11.1 Å². The number of alkyl halides is 3. The van der Waals surface area contributed by atoms with Crippen molar-refractivity contribution in [3.63, 3.8) is 0 Å². The molecule has 4 nitrogen and oxygen atoms in total. The van der Waals surface area contributed by atoms with E-state index in [-0.39, 0.29) is 25.2 Å². The normalized spacial score (nSPS) is 25.2. The zero-order valence-corrected chi connectivity index (χ0v) is 9.21. The number of ketones is 1. The van der Waals surface area contributed by atoms with E-state index in [2.05, 4.69) is 10.4 Å². The highest BCUT2D eigenvalue weighted by molar-refractivity contribution is 5.99. The fourth-order valence-corrected chi connectivity index (χ4v) is 2.04. The van der Waals surface area contributed by atoms with Gasteiger partial charge in [0.15, 0.2) is 5.78 Å². The zero-order valence-electron chi connectivity index (χ0n) is 9.21. The molecule has 94 valence electrons. The Bertz CT molecular complexity index is 432. The number of carbonyl (C=O) groups excluding carboxylic acids is 1. The van der Waals surface area contributed by atoms with E-state index in [9.17, 15) is 18.0 Å². The van der Waals surface area contributed by atoms with E-state index in [1.807, 2.05) is 0 Å². The lowest BCUT2D eigenvalue weighted by molar-refractivity contribution is -0.197. The van der Waals surface area contributed by atoms with Gasteiger partial charge in [-0.15, -0.1) is 0 Å². The van der Waals surface area contributed by atoms with Gasteiger partial charge in [-0.3, -0.25) is 9.48 Å². The van der Waals surface area contributed by atoms with Crippen molar-refractivity contribution in [1.82, 2.24) is 15.1 Å². The zero-order chi connectivity index (χ0) is 12.7. The SMILES string of the molecule is Cn1ccc(C(=O)C2(C(F)(F)F)CCNC2)n1. The van der Waals surface area contributed by atoms with Crippen LogP contribution in [0.25, 0.3) is 0 Å². The quantitative estimate of drug-likeness (QED) is 0.797. The fourth-order valence-electron chi connectivity index (χ4n) is 2.04. The van der Waals surface area contributed by atoms with Gasteiger partial charge in [0, 0.05) is 19.8 Å². The minimum atomic E-state index is -4.55. The molecule has 1 N–H and O–H groups in total. The molecule has 0 aromatic carbocycles.